The molecular formula is C17H21F3N4O2. The number of hydrogen-bond donors (Lipinski definition) is 1. The van der Waals surface area contributed by atoms with Gasteiger partial charge in [-0.1, -0.05) is 0 Å². The normalized spacial score (nSPS) is 22.6. The summed E-state index contributed by atoms with van der Waals surface area (Å²) in [6.45, 7) is 1.45. The number of nitrogens with zero attached hydrogens (tertiary/aromatic N) is 3. The van der Waals surface area contributed by atoms with Gasteiger partial charge in [-0.05, 0) is 44.4 Å². The fourth-order valence-electron chi connectivity index (χ4n) is 3.89. The Balaban J connectivity index is 1.67. The van der Waals surface area contributed by atoms with Crippen LogP contribution < -0.4 is 5.73 Å². The van der Waals surface area contributed by atoms with Crippen LogP contribution in [0.25, 0.3) is 0 Å². The predicted octanol–water partition coefficient (Wildman–Crippen LogP) is 1.65. The minimum Gasteiger partial charge on any atom is -0.368 e. The van der Waals surface area contributed by atoms with Crippen LogP contribution in [0, 0.1) is 0 Å². The van der Waals surface area contributed by atoms with Gasteiger partial charge in [-0.25, -0.2) is 0 Å². The van der Waals surface area contributed by atoms with Crippen LogP contribution in [-0.2, 0) is 11.0 Å². The molecule has 0 saturated carbocycles. The maximum Gasteiger partial charge on any atom is 0.418 e. The van der Waals surface area contributed by atoms with Crippen LogP contribution in [0.2, 0.25) is 0 Å². The van der Waals surface area contributed by atoms with E-state index in [0.717, 1.165) is 25.5 Å². The standard InChI is InChI=1S/C17H21F3N4O2/c18-17(19,20)12-3-1-7-22-14(12)16(26)23-9-5-11(6-10-23)24-8-2-4-13(24)15(21)25/h1,3,7,11,13H,2,4-6,8-10H2,(H2,21,25). The van der Waals surface area contributed by atoms with E-state index < -0.39 is 23.3 Å². The number of pyridine rings is 1. The Kier molecular flexibility index (Phi) is 5.17. The van der Waals surface area contributed by atoms with Crippen molar-refractivity contribution in [2.24, 2.45) is 5.73 Å². The van der Waals surface area contributed by atoms with Gasteiger partial charge in [0.05, 0.1) is 11.6 Å². The van der Waals surface area contributed by atoms with Crippen LogP contribution in [0.5, 0.6) is 0 Å². The topological polar surface area (TPSA) is 79.5 Å². The first kappa shape index (κ1) is 18.6. The van der Waals surface area contributed by atoms with Crippen molar-refractivity contribution < 1.29 is 22.8 Å². The molecule has 2 N–H and O–H groups in total. The Morgan fingerprint density at radius 1 is 1.15 bits per heavy atom. The van der Waals surface area contributed by atoms with Crippen LogP contribution >= 0.6 is 0 Å². The second kappa shape index (κ2) is 7.22. The van der Waals surface area contributed by atoms with E-state index in [-0.39, 0.29) is 18.0 Å². The second-order valence-corrected chi connectivity index (χ2v) is 6.72. The molecule has 2 aliphatic heterocycles. The molecule has 2 aliphatic rings. The molecule has 0 bridgehead atoms. The first-order valence-electron chi connectivity index (χ1n) is 8.65. The number of nitrogens with two attached hydrogens (primary N) is 1. The van der Waals surface area contributed by atoms with Gasteiger partial charge in [0, 0.05) is 25.3 Å². The number of carbonyl (C=O) groups excluding carboxylic acids is 2. The summed E-state index contributed by atoms with van der Waals surface area (Å²) in [6, 6.07) is 1.87. The minimum atomic E-state index is -4.62. The lowest BCUT2D eigenvalue weighted by Crippen LogP contribution is -2.51. The van der Waals surface area contributed by atoms with E-state index in [1.54, 1.807) is 0 Å². The summed E-state index contributed by atoms with van der Waals surface area (Å²) in [6.07, 6.45) is -0.598. The van der Waals surface area contributed by atoms with Crippen molar-refractivity contribution in [3.63, 3.8) is 0 Å². The molecule has 3 rings (SSSR count). The van der Waals surface area contributed by atoms with Gasteiger partial charge in [0.25, 0.3) is 5.91 Å². The maximum absolute atomic E-state index is 13.1. The minimum absolute atomic E-state index is 0.116. The molecule has 1 unspecified atom stereocenters. The van der Waals surface area contributed by atoms with Gasteiger partial charge in [-0.2, -0.15) is 13.2 Å². The van der Waals surface area contributed by atoms with E-state index in [9.17, 15) is 22.8 Å². The molecule has 142 valence electrons. The zero-order chi connectivity index (χ0) is 18.9. The lowest BCUT2D eigenvalue weighted by atomic mass is 10.0. The summed E-state index contributed by atoms with van der Waals surface area (Å²) in [5.41, 5.74) is 3.87. The van der Waals surface area contributed by atoms with Gasteiger partial charge in [0.2, 0.25) is 5.91 Å². The molecule has 6 nitrogen and oxygen atoms in total. The second-order valence-electron chi connectivity index (χ2n) is 6.72. The lowest BCUT2D eigenvalue weighted by molar-refractivity contribution is -0.138. The number of likely N-dealkylation sites (tertiary alicyclic amines) is 2. The molecule has 0 aliphatic carbocycles. The summed E-state index contributed by atoms with van der Waals surface area (Å²) in [4.78, 5) is 31.2. The molecule has 1 aromatic heterocycles. The average Bonchev–Trinajstić information content (AvgIpc) is 3.10. The smallest absolute Gasteiger partial charge is 0.368 e. The van der Waals surface area contributed by atoms with Gasteiger partial charge in [0.15, 0.2) is 0 Å². The maximum atomic E-state index is 13.1. The number of piperidine rings is 1. The van der Waals surface area contributed by atoms with Crippen LogP contribution in [0.4, 0.5) is 13.2 Å². The molecule has 9 heteroatoms. The molecule has 0 spiro atoms. The molecule has 3 heterocycles. The number of halogens is 3. The third-order valence-electron chi connectivity index (χ3n) is 5.16. The molecule has 2 saturated heterocycles. The number of hydrogen-bond acceptors (Lipinski definition) is 4. The molecule has 0 radical (unpaired) electrons. The van der Waals surface area contributed by atoms with Crippen molar-refractivity contribution in [3.05, 3.63) is 29.6 Å². The SMILES string of the molecule is NC(=O)C1CCCN1C1CCN(C(=O)c2ncccc2C(F)(F)F)CC1. The fourth-order valence-corrected chi connectivity index (χ4v) is 3.89. The van der Waals surface area contributed by atoms with E-state index in [0.29, 0.717) is 25.9 Å². The van der Waals surface area contributed by atoms with E-state index in [2.05, 4.69) is 9.88 Å². The lowest BCUT2D eigenvalue weighted by Gasteiger charge is -2.38. The Morgan fingerprint density at radius 3 is 2.46 bits per heavy atom. The first-order chi connectivity index (χ1) is 12.3. The Bertz CT molecular complexity index is 687. The zero-order valence-corrected chi connectivity index (χ0v) is 14.2. The molecule has 0 aromatic carbocycles. The number of carbonyl (C=O) groups is 2. The number of amides is 2. The molecule has 2 fully saturated rings. The fraction of sp³-hybridized carbons (Fsp3) is 0.588. The summed E-state index contributed by atoms with van der Waals surface area (Å²) in [5.74, 6) is -1.05. The average molecular weight is 370 g/mol. The van der Waals surface area contributed by atoms with Crippen LogP contribution in [0.1, 0.15) is 41.7 Å². The third-order valence-corrected chi connectivity index (χ3v) is 5.16. The number of primary amides is 1. The van der Waals surface area contributed by atoms with E-state index in [1.807, 2.05) is 0 Å². The van der Waals surface area contributed by atoms with Crippen molar-refractivity contribution in [1.82, 2.24) is 14.8 Å². The predicted molar refractivity (Wildman–Crippen MR) is 87.1 cm³/mol. The van der Waals surface area contributed by atoms with Crippen molar-refractivity contribution in [2.45, 2.75) is 43.9 Å². The highest BCUT2D eigenvalue weighted by atomic mass is 19.4. The summed E-state index contributed by atoms with van der Waals surface area (Å²) in [5, 5.41) is 0. The Labute approximate surface area is 149 Å². The summed E-state index contributed by atoms with van der Waals surface area (Å²) < 4.78 is 39.3. The quantitative estimate of drug-likeness (QED) is 0.878. The summed E-state index contributed by atoms with van der Waals surface area (Å²) in [7, 11) is 0. The monoisotopic (exact) mass is 370 g/mol. The van der Waals surface area contributed by atoms with Crippen LogP contribution in [-0.4, -0.2) is 58.3 Å². The van der Waals surface area contributed by atoms with Crippen molar-refractivity contribution >= 4 is 11.8 Å². The van der Waals surface area contributed by atoms with Crippen molar-refractivity contribution in [1.29, 1.82) is 0 Å². The van der Waals surface area contributed by atoms with Crippen LogP contribution in [0.3, 0.4) is 0 Å². The molecule has 26 heavy (non-hydrogen) atoms. The van der Waals surface area contributed by atoms with Gasteiger partial charge < -0.3 is 10.6 Å². The molecular weight excluding hydrogens is 349 g/mol. The van der Waals surface area contributed by atoms with Crippen LogP contribution in [0.15, 0.2) is 18.3 Å². The van der Waals surface area contributed by atoms with Gasteiger partial charge >= 0.3 is 6.18 Å². The van der Waals surface area contributed by atoms with Crippen molar-refractivity contribution in [2.75, 3.05) is 19.6 Å². The highest BCUT2D eigenvalue weighted by molar-refractivity contribution is 5.94. The summed E-state index contributed by atoms with van der Waals surface area (Å²) >= 11 is 0. The third kappa shape index (κ3) is 3.67. The Hall–Kier alpha value is -2.16. The molecule has 1 atom stereocenters. The number of alkyl halides is 3. The van der Waals surface area contributed by atoms with E-state index in [4.69, 9.17) is 5.73 Å². The molecule has 2 amide bonds. The van der Waals surface area contributed by atoms with Gasteiger partial charge in [-0.3, -0.25) is 19.5 Å². The van der Waals surface area contributed by atoms with Gasteiger partial charge in [-0.15, -0.1) is 0 Å². The Morgan fingerprint density at radius 2 is 1.85 bits per heavy atom. The van der Waals surface area contributed by atoms with E-state index in [1.165, 1.54) is 17.2 Å². The first-order valence-corrected chi connectivity index (χ1v) is 8.65. The van der Waals surface area contributed by atoms with E-state index >= 15 is 0 Å². The molecule has 1 aromatic rings. The highest BCUT2D eigenvalue weighted by Crippen LogP contribution is 2.32. The highest BCUT2D eigenvalue weighted by Gasteiger charge is 2.39. The van der Waals surface area contributed by atoms with Gasteiger partial charge in [0.1, 0.15) is 5.69 Å². The zero-order valence-electron chi connectivity index (χ0n) is 14.2. The number of rotatable bonds is 3. The largest absolute Gasteiger partial charge is 0.418 e. The van der Waals surface area contributed by atoms with Crippen molar-refractivity contribution in [3.8, 4) is 0 Å². The number of aromatic nitrogens is 1.